The summed E-state index contributed by atoms with van der Waals surface area (Å²) in [6.45, 7) is 3.34. The van der Waals surface area contributed by atoms with Crippen molar-refractivity contribution < 1.29 is 9.59 Å². The van der Waals surface area contributed by atoms with E-state index in [9.17, 15) is 9.59 Å². The Morgan fingerprint density at radius 3 is 2.73 bits per heavy atom. The van der Waals surface area contributed by atoms with Gasteiger partial charge in [0.25, 0.3) is 5.91 Å². The fourth-order valence-corrected chi connectivity index (χ4v) is 0.710. The molecular weight excluding hydrogens is 144 g/mol. The summed E-state index contributed by atoms with van der Waals surface area (Å²) in [6.07, 6.45) is 1.55. The molecule has 0 aromatic heterocycles. The Morgan fingerprint density at radius 1 is 1.45 bits per heavy atom. The third-order valence-corrected chi connectivity index (χ3v) is 1.54. The number of hydrogen-bond donors (Lipinski definition) is 2. The van der Waals surface area contributed by atoms with Gasteiger partial charge < -0.3 is 5.32 Å². The number of imide groups is 1. The van der Waals surface area contributed by atoms with Crippen LogP contribution in [0.15, 0.2) is 11.8 Å². The first-order valence-electron chi connectivity index (χ1n) is 3.39. The van der Waals surface area contributed by atoms with E-state index >= 15 is 0 Å². The zero-order chi connectivity index (χ0) is 8.43. The Kier molecular flexibility index (Phi) is 1.94. The van der Waals surface area contributed by atoms with Crippen molar-refractivity contribution in [2.24, 2.45) is 0 Å². The van der Waals surface area contributed by atoms with Crippen LogP contribution in [-0.2, 0) is 9.59 Å². The molecular formula is C7H10N2O2. The first-order valence-corrected chi connectivity index (χ1v) is 3.39. The van der Waals surface area contributed by atoms with Gasteiger partial charge in [-0.1, -0.05) is 0 Å². The Balaban J connectivity index is 2.81. The Morgan fingerprint density at radius 2 is 2.09 bits per heavy atom. The topological polar surface area (TPSA) is 58.2 Å². The molecule has 0 aromatic rings. The van der Waals surface area contributed by atoms with Crippen LogP contribution in [0.1, 0.15) is 13.8 Å². The number of amides is 2. The van der Waals surface area contributed by atoms with Gasteiger partial charge in [-0.25, -0.2) is 0 Å². The van der Waals surface area contributed by atoms with E-state index in [1.807, 2.05) is 0 Å². The van der Waals surface area contributed by atoms with Crippen molar-refractivity contribution in [2.45, 2.75) is 19.9 Å². The van der Waals surface area contributed by atoms with E-state index in [0.29, 0.717) is 5.57 Å². The molecule has 2 amide bonds. The first-order chi connectivity index (χ1) is 5.11. The first kappa shape index (κ1) is 7.78. The molecule has 1 rings (SSSR count). The molecule has 0 aromatic carbocycles. The van der Waals surface area contributed by atoms with E-state index in [4.69, 9.17) is 0 Å². The van der Waals surface area contributed by atoms with Gasteiger partial charge in [0.2, 0.25) is 5.91 Å². The third kappa shape index (κ3) is 1.58. The van der Waals surface area contributed by atoms with Crippen LogP contribution in [0.4, 0.5) is 0 Å². The lowest BCUT2D eigenvalue weighted by Crippen LogP contribution is -2.39. The summed E-state index contributed by atoms with van der Waals surface area (Å²) in [5, 5.41) is 5.01. The standard InChI is InChI=1S/C7H10N2O2/c1-4-3-8-5(2)7(11)9-6(4)10/h3,5,8H,1-2H3,(H,9,10,11). The summed E-state index contributed by atoms with van der Waals surface area (Å²) >= 11 is 0. The molecule has 4 nitrogen and oxygen atoms in total. The van der Waals surface area contributed by atoms with E-state index in [1.165, 1.54) is 0 Å². The van der Waals surface area contributed by atoms with Crippen molar-refractivity contribution in [1.29, 1.82) is 0 Å². The highest BCUT2D eigenvalue weighted by Crippen LogP contribution is 1.96. The van der Waals surface area contributed by atoms with Crippen LogP contribution in [0.2, 0.25) is 0 Å². The molecule has 11 heavy (non-hydrogen) atoms. The SMILES string of the molecule is CC1=CNC(C)C(=O)NC1=O. The quantitative estimate of drug-likeness (QED) is 0.463. The van der Waals surface area contributed by atoms with Gasteiger partial charge in [-0.05, 0) is 13.8 Å². The summed E-state index contributed by atoms with van der Waals surface area (Å²) in [6, 6.07) is -0.337. The summed E-state index contributed by atoms with van der Waals surface area (Å²) < 4.78 is 0. The van der Waals surface area contributed by atoms with E-state index < -0.39 is 0 Å². The molecule has 1 heterocycles. The number of nitrogens with one attached hydrogen (secondary N) is 2. The van der Waals surface area contributed by atoms with Gasteiger partial charge in [-0.15, -0.1) is 0 Å². The highest BCUT2D eigenvalue weighted by Gasteiger charge is 2.18. The molecule has 0 radical (unpaired) electrons. The van der Waals surface area contributed by atoms with E-state index in [1.54, 1.807) is 20.0 Å². The van der Waals surface area contributed by atoms with E-state index in [2.05, 4.69) is 10.6 Å². The number of rotatable bonds is 0. The fraction of sp³-hybridized carbons (Fsp3) is 0.429. The molecule has 1 aliphatic rings. The largest absolute Gasteiger partial charge is 0.379 e. The zero-order valence-electron chi connectivity index (χ0n) is 6.47. The van der Waals surface area contributed by atoms with Crippen LogP contribution in [0.5, 0.6) is 0 Å². The lowest BCUT2D eigenvalue weighted by atomic mass is 10.3. The van der Waals surface area contributed by atoms with Crippen LogP contribution in [0, 0.1) is 0 Å². The maximum Gasteiger partial charge on any atom is 0.254 e. The van der Waals surface area contributed by atoms with Gasteiger partial charge in [0.05, 0.1) is 0 Å². The minimum Gasteiger partial charge on any atom is -0.379 e. The van der Waals surface area contributed by atoms with Gasteiger partial charge in [-0.2, -0.15) is 0 Å². The second-order valence-electron chi connectivity index (χ2n) is 2.53. The van der Waals surface area contributed by atoms with E-state index in [0.717, 1.165) is 0 Å². The predicted octanol–water partition coefficient (Wildman–Crippen LogP) is -0.475. The number of carbonyl (C=O) groups excluding carboxylic acids is 2. The molecule has 0 bridgehead atoms. The molecule has 4 heteroatoms. The van der Waals surface area contributed by atoms with Crippen LogP contribution in [0.25, 0.3) is 0 Å². The molecule has 60 valence electrons. The monoisotopic (exact) mass is 154 g/mol. The van der Waals surface area contributed by atoms with Gasteiger partial charge in [0.1, 0.15) is 6.04 Å². The van der Waals surface area contributed by atoms with Crippen LogP contribution >= 0.6 is 0 Å². The molecule has 0 aliphatic carbocycles. The summed E-state index contributed by atoms with van der Waals surface area (Å²) in [4.78, 5) is 21.9. The highest BCUT2D eigenvalue weighted by molar-refractivity contribution is 6.06. The normalized spacial score (nSPS) is 24.9. The summed E-state index contributed by atoms with van der Waals surface area (Å²) in [7, 11) is 0. The van der Waals surface area contributed by atoms with Crippen molar-refractivity contribution in [3.63, 3.8) is 0 Å². The van der Waals surface area contributed by atoms with Crippen molar-refractivity contribution in [3.05, 3.63) is 11.8 Å². The maximum absolute atomic E-state index is 10.9. The lowest BCUT2D eigenvalue weighted by molar-refractivity contribution is -0.128. The number of carbonyl (C=O) groups is 2. The molecule has 1 unspecified atom stereocenters. The van der Waals surface area contributed by atoms with Gasteiger partial charge in [0.15, 0.2) is 0 Å². The predicted molar refractivity (Wildman–Crippen MR) is 39.5 cm³/mol. The summed E-state index contributed by atoms with van der Waals surface area (Å²) in [5.74, 6) is -0.616. The maximum atomic E-state index is 10.9. The smallest absolute Gasteiger partial charge is 0.254 e. The Labute approximate surface area is 64.7 Å². The van der Waals surface area contributed by atoms with Crippen molar-refractivity contribution in [2.75, 3.05) is 0 Å². The fourth-order valence-electron chi connectivity index (χ4n) is 0.710. The molecule has 1 aliphatic heterocycles. The summed E-state index contributed by atoms with van der Waals surface area (Å²) in [5.41, 5.74) is 0.516. The van der Waals surface area contributed by atoms with Crippen LogP contribution in [0.3, 0.4) is 0 Å². The third-order valence-electron chi connectivity index (χ3n) is 1.54. The minimum atomic E-state index is -0.337. The zero-order valence-corrected chi connectivity index (χ0v) is 6.47. The molecule has 0 saturated heterocycles. The van der Waals surface area contributed by atoms with Gasteiger partial charge >= 0.3 is 0 Å². The average Bonchev–Trinajstić information content (AvgIpc) is 2.05. The minimum absolute atomic E-state index is 0.289. The highest BCUT2D eigenvalue weighted by atomic mass is 16.2. The van der Waals surface area contributed by atoms with Crippen LogP contribution < -0.4 is 10.6 Å². The van der Waals surface area contributed by atoms with Crippen molar-refractivity contribution >= 4 is 11.8 Å². The second kappa shape index (κ2) is 2.74. The molecule has 0 fully saturated rings. The van der Waals surface area contributed by atoms with Crippen LogP contribution in [-0.4, -0.2) is 17.9 Å². The molecule has 0 spiro atoms. The molecule has 2 N–H and O–H groups in total. The van der Waals surface area contributed by atoms with Gasteiger partial charge in [-0.3, -0.25) is 14.9 Å². The van der Waals surface area contributed by atoms with E-state index in [-0.39, 0.29) is 17.9 Å². The molecule has 0 saturated carbocycles. The van der Waals surface area contributed by atoms with Gasteiger partial charge in [0, 0.05) is 11.8 Å². The average molecular weight is 154 g/mol. The van der Waals surface area contributed by atoms with Crippen molar-refractivity contribution in [3.8, 4) is 0 Å². The second-order valence-corrected chi connectivity index (χ2v) is 2.53. The number of hydrogen-bond acceptors (Lipinski definition) is 3. The Hall–Kier alpha value is -1.32. The molecule has 1 atom stereocenters. The lowest BCUT2D eigenvalue weighted by Gasteiger charge is -2.05. The Bertz CT molecular complexity index is 233. The van der Waals surface area contributed by atoms with Crippen molar-refractivity contribution in [1.82, 2.24) is 10.6 Å².